The van der Waals surface area contributed by atoms with E-state index in [4.69, 9.17) is 4.42 Å². The highest BCUT2D eigenvalue weighted by Crippen LogP contribution is 2.24. The van der Waals surface area contributed by atoms with E-state index in [2.05, 4.69) is 35.2 Å². The Kier molecular flexibility index (Phi) is 6.40. The molecule has 0 aliphatic rings. The number of aliphatic imine (C=N–C) groups is 1. The van der Waals surface area contributed by atoms with E-state index in [1.807, 2.05) is 36.0 Å². The molecule has 0 amide bonds. The molecule has 0 saturated heterocycles. The number of nitrogens with one attached hydrogen (secondary N) is 2. The quantitative estimate of drug-likeness (QED) is 0.356. The van der Waals surface area contributed by atoms with Crippen LogP contribution in [0.2, 0.25) is 0 Å². The molecule has 2 rings (SSSR count). The summed E-state index contributed by atoms with van der Waals surface area (Å²) in [5.41, 5.74) is 2.11. The topological polar surface area (TPSA) is 49.6 Å². The highest BCUT2D eigenvalue weighted by atomic mass is 32.2. The van der Waals surface area contributed by atoms with E-state index in [-0.39, 0.29) is 0 Å². The van der Waals surface area contributed by atoms with Gasteiger partial charge in [0.15, 0.2) is 5.96 Å². The van der Waals surface area contributed by atoms with Crippen molar-refractivity contribution in [2.24, 2.45) is 4.99 Å². The SMILES string of the molecule is C=CCSCCNC(=NC)NCc1oc2ccccc2c1C. The van der Waals surface area contributed by atoms with Crippen molar-refractivity contribution in [3.8, 4) is 0 Å². The predicted octanol–water partition coefficient (Wildman–Crippen LogP) is 3.33. The van der Waals surface area contributed by atoms with Crippen molar-refractivity contribution in [1.82, 2.24) is 10.6 Å². The van der Waals surface area contributed by atoms with Gasteiger partial charge in [0, 0.05) is 36.0 Å². The van der Waals surface area contributed by atoms with Crippen LogP contribution in [-0.4, -0.2) is 31.1 Å². The van der Waals surface area contributed by atoms with Gasteiger partial charge in [0.05, 0.1) is 6.54 Å². The minimum Gasteiger partial charge on any atom is -0.459 e. The minimum atomic E-state index is 0.625. The van der Waals surface area contributed by atoms with Gasteiger partial charge in [0.25, 0.3) is 0 Å². The highest BCUT2D eigenvalue weighted by Gasteiger charge is 2.10. The fourth-order valence-corrected chi connectivity index (χ4v) is 2.77. The number of furan rings is 1. The van der Waals surface area contributed by atoms with Crippen molar-refractivity contribution in [1.29, 1.82) is 0 Å². The minimum absolute atomic E-state index is 0.625. The van der Waals surface area contributed by atoms with Crippen LogP contribution in [0.25, 0.3) is 11.0 Å². The van der Waals surface area contributed by atoms with Crippen LogP contribution in [0.15, 0.2) is 46.3 Å². The lowest BCUT2D eigenvalue weighted by molar-refractivity contribution is 0.535. The van der Waals surface area contributed by atoms with Crippen molar-refractivity contribution in [3.63, 3.8) is 0 Å². The standard InChI is InChI=1S/C17H23N3OS/c1-4-10-22-11-9-19-17(18-3)20-12-16-13(2)14-7-5-6-8-15(14)21-16/h4-8H,1,9-12H2,2-3H3,(H2,18,19,20). The van der Waals surface area contributed by atoms with Crippen molar-refractivity contribution >= 4 is 28.7 Å². The molecule has 0 radical (unpaired) electrons. The molecule has 0 atom stereocenters. The van der Waals surface area contributed by atoms with Gasteiger partial charge >= 0.3 is 0 Å². The summed E-state index contributed by atoms with van der Waals surface area (Å²) >= 11 is 1.84. The number of para-hydroxylation sites is 1. The molecule has 0 saturated carbocycles. The lowest BCUT2D eigenvalue weighted by Gasteiger charge is -2.10. The Balaban J connectivity index is 1.87. The molecule has 0 unspecified atom stereocenters. The number of fused-ring (bicyclic) bond motifs is 1. The smallest absolute Gasteiger partial charge is 0.191 e. The Morgan fingerprint density at radius 3 is 2.91 bits per heavy atom. The van der Waals surface area contributed by atoms with Gasteiger partial charge in [-0.3, -0.25) is 4.99 Å². The van der Waals surface area contributed by atoms with Crippen LogP contribution in [0, 0.1) is 6.92 Å². The second-order valence-corrected chi connectivity index (χ2v) is 6.01. The molecule has 0 aliphatic heterocycles. The number of aryl methyl sites for hydroxylation is 1. The average molecular weight is 317 g/mol. The predicted molar refractivity (Wildman–Crippen MR) is 96.7 cm³/mol. The lowest BCUT2D eigenvalue weighted by Crippen LogP contribution is -2.38. The Hall–Kier alpha value is -1.88. The van der Waals surface area contributed by atoms with Crippen LogP contribution in [0.1, 0.15) is 11.3 Å². The molecule has 2 N–H and O–H groups in total. The summed E-state index contributed by atoms with van der Waals surface area (Å²) in [7, 11) is 1.78. The van der Waals surface area contributed by atoms with E-state index >= 15 is 0 Å². The van der Waals surface area contributed by atoms with E-state index in [0.717, 1.165) is 35.4 Å². The van der Waals surface area contributed by atoms with Gasteiger partial charge < -0.3 is 15.1 Å². The number of hydrogen-bond donors (Lipinski definition) is 2. The largest absolute Gasteiger partial charge is 0.459 e. The van der Waals surface area contributed by atoms with E-state index in [1.165, 1.54) is 10.9 Å². The number of rotatable bonds is 7. The van der Waals surface area contributed by atoms with Crippen molar-refractivity contribution < 1.29 is 4.42 Å². The molecular formula is C17H23N3OS. The third kappa shape index (κ3) is 4.31. The van der Waals surface area contributed by atoms with Gasteiger partial charge in [-0.05, 0) is 13.0 Å². The first-order valence-corrected chi connectivity index (χ1v) is 8.52. The molecule has 0 spiro atoms. The number of hydrogen-bond acceptors (Lipinski definition) is 3. The molecular weight excluding hydrogens is 294 g/mol. The zero-order valence-corrected chi connectivity index (χ0v) is 14.0. The number of benzene rings is 1. The molecule has 5 heteroatoms. The van der Waals surface area contributed by atoms with Gasteiger partial charge in [-0.1, -0.05) is 24.3 Å². The van der Waals surface area contributed by atoms with E-state index in [9.17, 15) is 0 Å². The summed E-state index contributed by atoms with van der Waals surface area (Å²) in [6.45, 7) is 7.30. The maximum absolute atomic E-state index is 5.89. The molecule has 0 bridgehead atoms. The van der Waals surface area contributed by atoms with E-state index < -0.39 is 0 Å². The Morgan fingerprint density at radius 1 is 1.36 bits per heavy atom. The summed E-state index contributed by atoms with van der Waals surface area (Å²) in [5, 5.41) is 7.76. The maximum atomic E-state index is 5.89. The summed E-state index contributed by atoms with van der Waals surface area (Å²) in [6, 6.07) is 8.10. The molecule has 22 heavy (non-hydrogen) atoms. The van der Waals surface area contributed by atoms with Gasteiger partial charge in [0.1, 0.15) is 11.3 Å². The lowest BCUT2D eigenvalue weighted by atomic mass is 10.1. The second-order valence-electron chi connectivity index (χ2n) is 4.86. The van der Waals surface area contributed by atoms with Crippen molar-refractivity contribution in [2.45, 2.75) is 13.5 Å². The molecule has 1 heterocycles. The molecule has 118 valence electrons. The monoisotopic (exact) mass is 317 g/mol. The summed E-state index contributed by atoms with van der Waals surface area (Å²) in [5.74, 6) is 3.74. The Labute approximate surface area is 136 Å². The highest BCUT2D eigenvalue weighted by molar-refractivity contribution is 7.99. The summed E-state index contributed by atoms with van der Waals surface area (Å²) in [6.07, 6.45) is 1.92. The number of thioether (sulfide) groups is 1. The molecule has 1 aromatic heterocycles. The van der Waals surface area contributed by atoms with Crippen LogP contribution in [0.3, 0.4) is 0 Å². The van der Waals surface area contributed by atoms with E-state index in [0.29, 0.717) is 6.54 Å². The van der Waals surface area contributed by atoms with Gasteiger partial charge in [-0.15, -0.1) is 6.58 Å². The fraction of sp³-hybridized carbons (Fsp3) is 0.353. The molecule has 4 nitrogen and oxygen atoms in total. The van der Waals surface area contributed by atoms with Crippen molar-refractivity contribution in [2.75, 3.05) is 25.1 Å². The van der Waals surface area contributed by atoms with Crippen LogP contribution in [0.4, 0.5) is 0 Å². The first kappa shape index (κ1) is 16.5. The average Bonchev–Trinajstić information content (AvgIpc) is 2.87. The molecule has 1 aromatic carbocycles. The zero-order chi connectivity index (χ0) is 15.8. The van der Waals surface area contributed by atoms with Gasteiger partial charge in [-0.25, -0.2) is 0 Å². The normalized spacial score (nSPS) is 11.6. The number of nitrogens with zero attached hydrogens (tertiary/aromatic N) is 1. The van der Waals surface area contributed by atoms with Crippen LogP contribution < -0.4 is 10.6 Å². The summed E-state index contributed by atoms with van der Waals surface area (Å²) in [4.78, 5) is 4.23. The maximum Gasteiger partial charge on any atom is 0.191 e. The Morgan fingerprint density at radius 2 is 2.18 bits per heavy atom. The third-order valence-electron chi connectivity index (χ3n) is 3.36. The number of guanidine groups is 1. The van der Waals surface area contributed by atoms with Crippen LogP contribution >= 0.6 is 11.8 Å². The molecule has 0 fully saturated rings. The van der Waals surface area contributed by atoms with Gasteiger partial charge in [-0.2, -0.15) is 11.8 Å². The first-order chi connectivity index (χ1) is 10.8. The fourth-order valence-electron chi connectivity index (χ4n) is 2.19. The van der Waals surface area contributed by atoms with Crippen molar-refractivity contribution in [3.05, 3.63) is 48.2 Å². The van der Waals surface area contributed by atoms with Gasteiger partial charge in [0.2, 0.25) is 0 Å². The summed E-state index contributed by atoms with van der Waals surface area (Å²) < 4.78 is 5.89. The molecule has 2 aromatic rings. The second kappa shape index (κ2) is 8.54. The first-order valence-electron chi connectivity index (χ1n) is 7.36. The zero-order valence-electron chi connectivity index (χ0n) is 13.2. The van der Waals surface area contributed by atoms with Crippen LogP contribution in [-0.2, 0) is 6.54 Å². The van der Waals surface area contributed by atoms with Crippen LogP contribution in [0.5, 0.6) is 0 Å². The Bertz CT molecular complexity index is 648. The van der Waals surface area contributed by atoms with E-state index in [1.54, 1.807) is 7.05 Å². The third-order valence-corrected chi connectivity index (χ3v) is 4.32. The molecule has 0 aliphatic carbocycles.